The largest absolute Gasteiger partial charge is 0.376 e. The molecule has 1 amide bonds. The number of para-hydroxylation sites is 2. The second kappa shape index (κ2) is 5.19. The quantitative estimate of drug-likeness (QED) is 0.812. The Morgan fingerprint density at radius 1 is 1.00 bits per heavy atom. The summed E-state index contributed by atoms with van der Waals surface area (Å²) in [7, 11) is 0. The van der Waals surface area contributed by atoms with Crippen molar-refractivity contribution >= 4 is 23.1 Å². The van der Waals surface area contributed by atoms with Gasteiger partial charge in [0.25, 0.3) is 5.91 Å². The van der Waals surface area contributed by atoms with Crippen LogP contribution in [-0.2, 0) is 14.4 Å². The van der Waals surface area contributed by atoms with Crippen LogP contribution in [0, 0.1) is 0 Å². The van der Waals surface area contributed by atoms with Gasteiger partial charge in [-0.05, 0) is 24.3 Å². The fourth-order valence-electron chi connectivity index (χ4n) is 2.53. The number of fused-ring (bicyclic) bond motifs is 1. The molecular formula is C17H11N3O3. The van der Waals surface area contributed by atoms with Crippen LogP contribution >= 0.6 is 0 Å². The zero-order valence-corrected chi connectivity index (χ0v) is 11.9. The molecule has 1 saturated heterocycles. The second-order valence-electron chi connectivity index (χ2n) is 5.03. The lowest BCUT2D eigenvalue weighted by molar-refractivity contribution is -0.140. The Morgan fingerprint density at radius 2 is 1.74 bits per heavy atom. The van der Waals surface area contributed by atoms with Gasteiger partial charge in [-0.15, -0.1) is 0 Å². The molecule has 6 heteroatoms. The number of nitrogens with one attached hydrogen (secondary N) is 1. The van der Waals surface area contributed by atoms with Crippen molar-refractivity contribution in [2.45, 2.75) is 0 Å². The van der Waals surface area contributed by atoms with Crippen LogP contribution in [0.1, 0.15) is 0 Å². The van der Waals surface area contributed by atoms with E-state index >= 15 is 0 Å². The van der Waals surface area contributed by atoms with E-state index in [1.54, 1.807) is 12.1 Å². The fourth-order valence-corrected chi connectivity index (χ4v) is 2.53. The van der Waals surface area contributed by atoms with Crippen LogP contribution in [-0.4, -0.2) is 11.9 Å². The van der Waals surface area contributed by atoms with E-state index in [1.165, 1.54) is 11.1 Å². The lowest BCUT2D eigenvalue weighted by Crippen LogP contribution is -2.29. The predicted molar refractivity (Wildman–Crippen MR) is 81.9 cm³/mol. The number of carbonyl (C=O) groups is 2. The van der Waals surface area contributed by atoms with Gasteiger partial charge in [-0.25, -0.2) is 14.8 Å². The van der Waals surface area contributed by atoms with E-state index in [0.29, 0.717) is 16.1 Å². The molecule has 0 unspecified atom stereocenters. The Balaban J connectivity index is 1.86. The number of hydrogen-bond donors (Lipinski definition) is 1. The molecule has 0 aliphatic carbocycles. The summed E-state index contributed by atoms with van der Waals surface area (Å²) in [6.45, 7) is 0. The Labute approximate surface area is 130 Å². The van der Waals surface area contributed by atoms with E-state index < -0.39 is 5.97 Å². The van der Waals surface area contributed by atoms with Crippen LogP contribution in [0.5, 0.6) is 0 Å². The van der Waals surface area contributed by atoms with Crippen molar-refractivity contribution in [3.8, 4) is 0 Å². The van der Waals surface area contributed by atoms with E-state index in [-0.39, 0.29) is 11.6 Å². The summed E-state index contributed by atoms with van der Waals surface area (Å²) in [6, 6.07) is 16.4. The topological polar surface area (TPSA) is 71.0 Å². The van der Waals surface area contributed by atoms with E-state index in [2.05, 4.69) is 10.6 Å². The van der Waals surface area contributed by atoms with Gasteiger partial charge in [0.1, 0.15) is 5.70 Å². The minimum absolute atomic E-state index is 0.228. The molecule has 4 rings (SSSR count). The number of nitrogens with zero attached hydrogens (tertiary/aromatic N) is 2. The van der Waals surface area contributed by atoms with Crippen LogP contribution in [0.2, 0.25) is 0 Å². The van der Waals surface area contributed by atoms with Crippen molar-refractivity contribution in [2.75, 3.05) is 5.01 Å². The Kier molecular flexibility index (Phi) is 3.03. The molecule has 6 nitrogen and oxygen atoms in total. The van der Waals surface area contributed by atoms with Crippen LogP contribution < -0.4 is 21.2 Å². The first kappa shape index (κ1) is 13.4. The SMILES string of the molecule is O=C1N=c2ccccc2=C1C=C1C(=O)ONN1c1ccccc1. The summed E-state index contributed by atoms with van der Waals surface area (Å²) in [6.07, 6.45) is 1.51. The molecule has 0 saturated carbocycles. The number of benzene rings is 2. The third-order valence-corrected chi connectivity index (χ3v) is 3.62. The maximum absolute atomic E-state index is 12.1. The van der Waals surface area contributed by atoms with Gasteiger partial charge in [-0.3, -0.25) is 4.79 Å². The fraction of sp³-hybridized carbons (Fsp3) is 0. The van der Waals surface area contributed by atoms with Crippen LogP contribution in [0.15, 0.2) is 71.4 Å². The Bertz CT molecular complexity index is 964. The first-order valence-electron chi connectivity index (χ1n) is 7.00. The van der Waals surface area contributed by atoms with Crippen molar-refractivity contribution in [1.29, 1.82) is 0 Å². The van der Waals surface area contributed by atoms with Crippen molar-refractivity contribution < 1.29 is 14.4 Å². The Morgan fingerprint density at radius 3 is 2.57 bits per heavy atom. The monoisotopic (exact) mass is 305 g/mol. The predicted octanol–water partition coefficient (Wildman–Crippen LogP) is 0.364. The minimum Gasteiger partial charge on any atom is -0.345 e. The van der Waals surface area contributed by atoms with E-state index in [0.717, 1.165) is 5.69 Å². The number of hydrazine groups is 1. The molecule has 2 heterocycles. The summed E-state index contributed by atoms with van der Waals surface area (Å²) >= 11 is 0. The highest BCUT2D eigenvalue weighted by molar-refractivity contribution is 6.20. The average molecular weight is 305 g/mol. The van der Waals surface area contributed by atoms with Crippen molar-refractivity contribution in [1.82, 2.24) is 5.59 Å². The summed E-state index contributed by atoms with van der Waals surface area (Å²) in [5.41, 5.74) is 3.87. The minimum atomic E-state index is -0.557. The molecule has 0 bridgehead atoms. The summed E-state index contributed by atoms with van der Waals surface area (Å²) in [5.74, 6) is -0.926. The van der Waals surface area contributed by atoms with Gasteiger partial charge < -0.3 is 4.84 Å². The smallest absolute Gasteiger partial charge is 0.345 e. The zero-order chi connectivity index (χ0) is 15.8. The normalized spacial score (nSPS) is 18.2. The van der Waals surface area contributed by atoms with Gasteiger partial charge >= 0.3 is 5.97 Å². The molecule has 0 atom stereocenters. The highest BCUT2D eigenvalue weighted by Gasteiger charge is 2.30. The van der Waals surface area contributed by atoms with Crippen molar-refractivity contribution in [2.24, 2.45) is 4.99 Å². The van der Waals surface area contributed by atoms with Gasteiger partial charge in [0.05, 0.1) is 16.6 Å². The first-order valence-corrected chi connectivity index (χ1v) is 7.00. The number of carbonyl (C=O) groups excluding carboxylic acids is 2. The molecule has 2 aromatic carbocycles. The molecule has 1 N–H and O–H groups in total. The van der Waals surface area contributed by atoms with Crippen molar-refractivity contribution in [3.05, 3.63) is 76.9 Å². The van der Waals surface area contributed by atoms with Gasteiger partial charge in [-0.2, -0.15) is 0 Å². The van der Waals surface area contributed by atoms with Crippen LogP contribution in [0.25, 0.3) is 5.57 Å². The van der Waals surface area contributed by atoms with E-state index in [1.807, 2.05) is 42.5 Å². The van der Waals surface area contributed by atoms with Gasteiger partial charge in [0.2, 0.25) is 0 Å². The number of anilines is 1. The number of hydrogen-bond acceptors (Lipinski definition) is 5. The van der Waals surface area contributed by atoms with Crippen molar-refractivity contribution in [3.63, 3.8) is 0 Å². The molecule has 23 heavy (non-hydrogen) atoms. The van der Waals surface area contributed by atoms with Gasteiger partial charge in [0.15, 0.2) is 0 Å². The second-order valence-corrected chi connectivity index (χ2v) is 5.03. The molecular weight excluding hydrogens is 294 g/mol. The number of amides is 1. The van der Waals surface area contributed by atoms with Gasteiger partial charge in [-0.1, -0.05) is 42.0 Å². The standard InChI is InChI=1S/C17H11N3O3/c21-16-13(12-8-4-5-9-14(12)18-16)10-15-17(22)23-19-20(15)11-6-2-1-3-7-11/h1-10,19H. The van der Waals surface area contributed by atoms with E-state index in [4.69, 9.17) is 4.84 Å². The highest BCUT2D eigenvalue weighted by Crippen LogP contribution is 2.23. The molecule has 1 fully saturated rings. The zero-order valence-electron chi connectivity index (χ0n) is 11.9. The van der Waals surface area contributed by atoms with Crippen LogP contribution in [0.4, 0.5) is 5.69 Å². The molecule has 2 aliphatic rings. The van der Waals surface area contributed by atoms with Crippen LogP contribution in [0.3, 0.4) is 0 Å². The highest BCUT2D eigenvalue weighted by atomic mass is 16.7. The molecule has 0 spiro atoms. The Hall–Kier alpha value is -3.25. The third-order valence-electron chi connectivity index (χ3n) is 3.62. The molecule has 0 radical (unpaired) electrons. The first-order chi connectivity index (χ1) is 11.2. The molecule has 2 aliphatic heterocycles. The molecule has 112 valence electrons. The van der Waals surface area contributed by atoms with E-state index in [9.17, 15) is 9.59 Å². The number of rotatable bonds is 2. The lowest BCUT2D eigenvalue weighted by atomic mass is 10.1. The third kappa shape index (κ3) is 2.21. The summed E-state index contributed by atoms with van der Waals surface area (Å²) in [4.78, 5) is 33.0. The average Bonchev–Trinajstić information content (AvgIpc) is 3.10. The summed E-state index contributed by atoms with van der Waals surface area (Å²) in [5, 5.41) is 2.80. The molecule has 2 aromatic rings. The summed E-state index contributed by atoms with van der Waals surface area (Å²) < 4.78 is 0. The lowest BCUT2D eigenvalue weighted by Gasteiger charge is -2.15. The maximum atomic E-state index is 12.1. The molecule has 0 aromatic heterocycles. The maximum Gasteiger partial charge on any atom is 0.376 e. The van der Waals surface area contributed by atoms with Gasteiger partial charge in [0, 0.05) is 5.22 Å².